The molecule has 1 aliphatic rings. The highest BCUT2D eigenvalue weighted by molar-refractivity contribution is 5.79. The molecular formula is C11H23N3O. The Morgan fingerprint density at radius 1 is 1.53 bits per heavy atom. The van der Waals surface area contributed by atoms with E-state index < -0.39 is 0 Å². The third-order valence-electron chi connectivity index (χ3n) is 3.40. The van der Waals surface area contributed by atoms with Crippen LogP contribution in [-0.4, -0.2) is 55.0 Å². The van der Waals surface area contributed by atoms with Crippen molar-refractivity contribution in [3.05, 3.63) is 0 Å². The van der Waals surface area contributed by atoms with Gasteiger partial charge in [-0.25, -0.2) is 0 Å². The fourth-order valence-corrected chi connectivity index (χ4v) is 1.95. The van der Waals surface area contributed by atoms with Gasteiger partial charge in [0.25, 0.3) is 0 Å². The highest BCUT2D eigenvalue weighted by Gasteiger charge is 2.27. The van der Waals surface area contributed by atoms with Crippen LogP contribution in [0.4, 0.5) is 0 Å². The summed E-state index contributed by atoms with van der Waals surface area (Å²) < 4.78 is 0. The molecule has 0 aliphatic carbocycles. The summed E-state index contributed by atoms with van der Waals surface area (Å²) in [6, 6.07) is 0.456. The second-order valence-electron chi connectivity index (χ2n) is 4.45. The van der Waals surface area contributed by atoms with Gasteiger partial charge in [0.05, 0.1) is 5.92 Å². The lowest BCUT2D eigenvalue weighted by atomic mass is 10.0. The molecule has 0 bridgehead atoms. The first-order valence-corrected chi connectivity index (χ1v) is 5.79. The quantitative estimate of drug-likeness (QED) is 0.725. The molecule has 2 N–H and O–H groups in total. The van der Waals surface area contributed by atoms with Crippen LogP contribution in [0.2, 0.25) is 0 Å². The van der Waals surface area contributed by atoms with Crippen molar-refractivity contribution in [2.75, 3.05) is 33.2 Å². The number of hydrogen-bond acceptors (Lipinski definition) is 3. The van der Waals surface area contributed by atoms with Gasteiger partial charge in [-0.05, 0) is 20.4 Å². The number of hydrogen-bond donors (Lipinski definition) is 1. The van der Waals surface area contributed by atoms with Crippen molar-refractivity contribution in [1.82, 2.24) is 9.80 Å². The smallest absolute Gasteiger partial charge is 0.227 e. The van der Waals surface area contributed by atoms with Crippen LogP contribution in [0.5, 0.6) is 0 Å². The molecule has 4 nitrogen and oxygen atoms in total. The Morgan fingerprint density at radius 3 is 2.67 bits per heavy atom. The Kier molecular flexibility index (Phi) is 4.54. The first kappa shape index (κ1) is 12.5. The van der Waals surface area contributed by atoms with Gasteiger partial charge in [-0.15, -0.1) is 0 Å². The van der Waals surface area contributed by atoms with Crippen molar-refractivity contribution in [1.29, 1.82) is 0 Å². The summed E-state index contributed by atoms with van der Waals surface area (Å²) in [4.78, 5) is 16.3. The molecule has 0 spiro atoms. The van der Waals surface area contributed by atoms with Crippen LogP contribution in [-0.2, 0) is 4.79 Å². The summed E-state index contributed by atoms with van der Waals surface area (Å²) in [5.74, 6) is 0.251. The average Bonchev–Trinajstić information content (AvgIpc) is 2.23. The zero-order valence-electron chi connectivity index (χ0n) is 10.1. The van der Waals surface area contributed by atoms with Gasteiger partial charge >= 0.3 is 0 Å². The van der Waals surface area contributed by atoms with Gasteiger partial charge in [-0.2, -0.15) is 0 Å². The van der Waals surface area contributed by atoms with E-state index in [1.165, 1.54) is 0 Å². The average molecular weight is 213 g/mol. The maximum atomic E-state index is 12.0. The van der Waals surface area contributed by atoms with Gasteiger partial charge in [0.2, 0.25) is 5.91 Å². The van der Waals surface area contributed by atoms with Gasteiger partial charge in [0, 0.05) is 32.2 Å². The van der Waals surface area contributed by atoms with E-state index in [0.29, 0.717) is 12.6 Å². The number of amides is 1. The van der Waals surface area contributed by atoms with Crippen LogP contribution in [0.3, 0.4) is 0 Å². The maximum absolute atomic E-state index is 12.0. The van der Waals surface area contributed by atoms with Crippen molar-refractivity contribution < 1.29 is 4.79 Å². The number of nitrogens with two attached hydrogens (primary N) is 1. The zero-order chi connectivity index (χ0) is 11.4. The summed E-state index contributed by atoms with van der Waals surface area (Å²) >= 11 is 0. The molecule has 2 atom stereocenters. The minimum Gasteiger partial charge on any atom is -0.340 e. The highest BCUT2D eigenvalue weighted by atomic mass is 16.2. The topological polar surface area (TPSA) is 49.6 Å². The standard InChI is InChI=1S/C11H23N3O/c1-4-10(7-12)11(15)14-6-5-13(3)9(2)8-14/h9-10H,4-8,12H2,1-3H3. The second-order valence-corrected chi connectivity index (χ2v) is 4.45. The minimum atomic E-state index is 0.0145. The van der Waals surface area contributed by atoms with E-state index in [4.69, 9.17) is 5.73 Å². The zero-order valence-corrected chi connectivity index (χ0v) is 10.1. The molecular weight excluding hydrogens is 190 g/mol. The summed E-state index contributed by atoms with van der Waals surface area (Å²) in [7, 11) is 2.10. The molecule has 1 heterocycles. The first-order valence-electron chi connectivity index (χ1n) is 5.79. The lowest BCUT2D eigenvalue weighted by Crippen LogP contribution is -2.53. The van der Waals surface area contributed by atoms with Gasteiger partial charge < -0.3 is 15.5 Å². The summed E-state index contributed by atoms with van der Waals surface area (Å²) in [6.07, 6.45) is 0.843. The number of carbonyl (C=O) groups excluding carboxylic acids is 1. The molecule has 0 radical (unpaired) electrons. The van der Waals surface area contributed by atoms with Crippen LogP contribution in [0.15, 0.2) is 0 Å². The Hall–Kier alpha value is -0.610. The van der Waals surface area contributed by atoms with E-state index in [1.54, 1.807) is 0 Å². The Morgan fingerprint density at radius 2 is 2.20 bits per heavy atom. The van der Waals surface area contributed by atoms with E-state index in [9.17, 15) is 4.79 Å². The second kappa shape index (κ2) is 5.47. The summed E-state index contributed by atoms with van der Waals surface area (Å²) in [5.41, 5.74) is 5.59. The van der Waals surface area contributed by atoms with Crippen molar-refractivity contribution in [3.63, 3.8) is 0 Å². The first-order chi connectivity index (χ1) is 7.10. The third kappa shape index (κ3) is 2.92. The van der Waals surface area contributed by atoms with Crippen molar-refractivity contribution in [2.45, 2.75) is 26.3 Å². The number of likely N-dealkylation sites (N-methyl/N-ethyl adjacent to an activating group) is 1. The minimum absolute atomic E-state index is 0.0145. The number of carbonyl (C=O) groups is 1. The third-order valence-corrected chi connectivity index (χ3v) is 3.40. The molecule has 0 aromatic heterocycles. The Labute approximate surface area is 92.4 Å². The van der Waals surface area contributed by atoms with E-state index in [0.717, 1.165) is 26.1 Å². The SMILES string of the molecule is CCC(CN)C(=O)N1CCN(C)C(C)C1. The summed E-state index contributed by atoms with van der Waals surface area (Å²) in [5, 5.41) is 0. The monoisotopic (exact) mass is 213 g/mol. The van der Waals surface area contributed by atoms with Gasteiger partial charge in [0.15, 0.2) is 0 Å². The van der Waals surface area contributed by atoms with Gasteiger partial charge in [-0.1, -0.05) is 6.92 Å². The Balaban J connectivity index is 2.53. The predicted octanol–water partition coefficient (Wildman–Crippen LogP) is 0.134. The lowest BCUT2D eigenvalue weighted by Gasteiger charge is -2.38. The lowest BCUT2D eigenvalue weighted by molar-refractivity contribution is -0.137. The van der Waals surface area contributed by atoms with Crippen LogP contribution in [0.25, 0.3) is 0 Å². The van der Waals surface area contributed by atoms with Crippen molar-refractivity contribution >= 4 is 5.91 Å². The van der Waals surface area contributed by atoms with Crippen LogP contribution >= 0.6 is 0 Å². The molecule has 1 aliphatic heterocycles. The number of piperazine rings is 1. The fourth-order valence-electron chi connectivity index (χ4n) is 1.95. The van der Waals surface area contributed by atoms with E-state index in [1.807, 2.05) is 11.8 Å². The molecule has 1 amide bonds. The molecule has 4 heteroatoms. The van der Waals surface area contributed by atoms with Crippen molar-refractivity contribution in [3.8, 4) is 0 Å². The molecule has 0 aromatic carbocycles. The number of rotatable bonds is 3. The molecule has 1 saturated heterocycles. The molecule has 0 saturated carbocycles. The van der Waals surface area contributed by atoms with Gasteiger partial charge in [-0.3, -0.25) is 4.79 Å². The Bertz CT molecular complexity index is 216. The largest absolute Gasteiger partial charge is 0.340 e. The maximum Gasteiger partial charge on any atom is 0.227 e. The van der Waals surface area contributed by atoms with E-state index >= 15 is 0 Å². The normalized spacial score (nSPS) is 25.3. The van der Waals surface area contributed by atoms with Crippen LogP contribution < -0.4 is 5.73 Å². The molecule has 2 unspecified atom stereocenters. The molecule has 88 valence electrons. The number of nitrogens with zero attached hydrogens (tertiary/aromatic N) is 2. The van der Waals surface area contributed by atoms with E-state index in [2.05, 4.69) is 18.9 Å². The van der Waals surface area contributed by atoms with E-state index in [-0.39, 0.29) is 11.8 Å². The summed E-state index contributed by atoms with van der Waals surface area (Å²) in [6.45, 7) is 7.30. The molecule has 15 heavy (non-hydrogen) atoms. The predicted molar refractivity (Wildman–Crippen MR) is 61.5 cm³/mol. The fraction of sp³-hybridized carbons (Fsp3) is 0.909. The van der Waals surface area contributed by atoms with Crippen LogP contribution in [0, 0.1) is 5.92 Å². The molecule has 1 fully saturated rings. The van der Waals surface area contributed by atoms with Gasteiger partial charge in [0.1, 0.15) is 0 Å². The highest BCUT2D eigenvalue weighted by Crippen LogP contribution is 2.12. The molecule has 0 aromatic rings. The molecule has 1 rings (SSSR count). The van der Waals surface area contributed by atoms with Crippen molar-refractivity contribution in [2.24, 2.45) is 11.7 Å². The van der Waals surface area contributed by atoms with Crippen LogP contribution in [0.1, 0.15) is 20.3 Å².